The summed E-state index contributed by atoms with van der Waals surface area (Å²) in [5, 5.41) is 16.0. The van der Waals surface area contributed by atoms with Crippen LogP contribution in [0.3, 0.4) is 0 Å². The molecule has 0 amide bonds. The Hall–Kier alpha value is -1.85. The third kappa shape index (κ3) is 4.08. The zero-order chi connectivity index (χ0) is 15.4. The summed E-state index contributed by atoms with van der Waals surface area (Å²) >= 11 is 5.89. The molecule has 1 aromatic heterocycles. The van der Waals surface area contributed by atoms with E-state index in [2.05, 4.69) is 20.6 Å². The van der Waals surface area contributed by atoms with Crippen molar-refractivity contribution in [3.63, 3.8) is 0 Å². The van der Waals surface area contributed by atoms with Crippen molar-refractivity contribution in [2.75, 3.05) is 23.8 Å². The van der Waals surface area contributed by atoms with Crippen LogP contribution in [-0.4, -0.2) is 28.2 Å². The minimum Gasteiger partial charge on any atom is -0.395 e. The van der Waals surface area contributed by atoms with Gasteiger partial charge in [-0.25, -0.2) is 4.98 Å². The van der Waals surface area contributed by atoms with Crippen molar-refractivity contribution in [2.24, 2.45) is 0 Å². The van der Waals surface area contributed by atoms with Crippen LogP contribution in [0, 0.1) is 0 Å². The van der Waals surface area contributed by atoms with Crippen LogP contribution in [0.1, 0.15) is 30.0 Å². The van der Waals surface area contributed by atoms with E-state index in [-0.39, 0.29) is 6.61 Å². The second kappa shape index (κ2) is 6.94. The number of hydrogen-bond acceptors (Lipinski definition) is 5. The summed E-state index contributed by atoms with van der Waals surface area (Å²) < 4.78 is 0. The van der Waals surface area contributed by atoms with Crippen molar-refractivity contribution in [1.82, 2.24) is 9.97 Å². The van der Waals surface area contributed by atoms with E-state index >= 15 is 0 Å². The molecule has 3 N–H and O–H groups in total. The Morgan fingerprint density at radius 1 is 1.14 bits per heavy atom. The Kier molecular flexibility index (Phi) is 4.75. The minimum absolute atomic E-state index is 0.0601. The first kappa shape index (κ1) is 15.1. The van der Waals surface area contributed by atoms with Crippen molar-refractivity contribution in [3.8, 4) is 0 Å². The molecule has 0 radical (unpaired) electrons. The zero-order valence-electron chi connectivity index (χ0n) is 12.2. The molecule has 1 aliphatic carbocycles. The molecule has 1 aromatic carbocycles. The van der Waals surface area contributed by atoms with Crippen LogP contribution in [0.25, 0.3) is 0 Å². The van der Waals surface area contributed by atoms with Gasteiger partial charge in [-0.3, -0.25) is 0 Å². The van der Waals surface area contributed by atoms with Gasteiger partial charge >= 0.3 is 0 Å². The number of nitrogens with zero attached hydrogens (tertiary/aromatic N) is 2. The van der Waals surface area contributed by atoms with Gasteiger partial charge in [-0.15, -0.1) is 0 Å². The minimum atomic E-state index is 0.0601. The molecule has 1 saturated carbocycles. The number of anilines is 2. The Morgan fingerprint density at radius 3 is 2.59 bits per heavy atom. The van der Waals surface area contributed by atoms with Gasteiger partial charge in [0, 0.05) is 30.1 Å². The van der Waals surface area contributed by atoms with Gasteiger partial charge in [0.05, 0.1) is 12.3 Å². The second-order valence-corrected chi connectivity index (χ2v) is 5.84. The van der Waals surface area contributed by atoms with Crippen molar-refractivity contribution in [3.05, 3.63) is 46.6 Å². The molecular formula is C16H19ClN4O. The summed E-state index contributed by atoms with van der Waals surface area (Å²) in [4.78, 5) is 8.95. The van der Waals surface area contributed by atoms with E-state index in [1.165, 1.54) is 12.8 Å². The highest BCUT2D eigenvalue weighted by Gasteiger charge is 2.26. The largest absolute Gasteiger partial charge is 0.395 e. The van der Waals surface area contributed by atoms with Crippen LogP contribution in [0.4, 0.5) is 11.8 Å². The number of nitrogens with one attached hydrogen (secondary N) is 2. The van der Waals surface area contributed by atoms with Crippen molar-refractivity contribution in [1.29, 1.82) is 0 Å². The van der Waals surface area contributed by atoms with E-state index in [9.17, 15) is 0 Å². The third-order valence-electron chi connectivity index (χ3n) is 3.52. The van der Waals surface area contributed by atoms with Crippen molar-refractivity contribution >= 4 is 23.4 Å². The topological polar surface area (TPSA) is 70.1 Å². The molecule has 1 heterocycles. The van der Waals surface area contributed by atoms with Crippen LogP contribution in [0.2, 0.25) is 5.02 Å². The molecule has 2 aromatic rings. The summed E-state index contributed by atoms with van der Waals surface area (Å²) in [7, 11) is 0. The van der Waals surface area contributed by atoms with E-state index in [4.69, 9.17) is 16.7 Å². The molecule has 5 nitrogen and oxygen atoms in total. The van der Waals surface area contributed by atoms with Crippen molar-refractivity contribution < 1.29 is 5.11 Å². The van der Waals surface area contributed by atoms with E-state index in [0.29, 0.717) is 25.0 Å². The van der Waals surface area contributed by atoms with Gasteiger partial charge < -0.3 is 15.7 Å². The molecule has 0 bridgehead atoms. The van der Waals surface area contributed by atoms with Crippen LogP contribution < -0.4 is 10.6 Å². The first-order valence-electron chi connectivity index (χ1n) is 7.46. The highest BCUT2D eigenvalue weighted by molar-refractivity contribution is 6.30. The van der Waals surface area contributed by atoms with E-state index in [1.54, 1.807) is 0 Å². The molecule has 0 spiro atoms. The molecule has 0 aliphatic heterocycles. The fourth-order valence-corrected chi connectivity index (χ4v) is 2.31. The average Bonchev–Trinajstić information content (AvgIpc) is 3.37. The third-order valence-corrected chi connectivity index (χ3v) is 3.78. The summed E-state index contributed by atoms with van der Waals surface area (Å²) in [5.41, 5.74) is 2.20. The van der Waals surface area contributed by atoms with Gasteiger partial charge in [0.2, 0.25) is 5.95 Å². The lowest BCUT2D eigenvalue weighted by atomic mass is 10.2. The smallest absolute Gasteiger partial charge is 0.224 e. The maximum absolute atomic E-state index is 8.92. The Bertz CT molecular complexity index is 629. The molecule has 1 aliphatic rings. The highest BCUT2D eigenvalue weighted by Crippen LogP contribution is 2.39. The highest BCUT2D eigenvalue weighted by atomic mass is 35.5. The van der Waals surface area contributed by atoms with Gasteiger partial charge in [0.25, 0.3) is 0 Å². The Labute approximate surface area is 134 Å². The van der Waals surface area contributed by atoms with Crippen LogP contribution in [0.5, 0.6) is 0 Å². The molecule has 22 heavy (non-hydrogen) atoms. The SMILES string of the molecule is OCCNc1nc(NCc2ccc(Cl)cc2)cc(C2CC2)n1. The number of rotatable bonds is 7. The lowest BCUT2D eigenvalue weighted by Crippen LogP contribution is -2.11. The normalized spacial score (nSPS) is 13.9. The summed E-state index contributed by atoms with van der Waals surface area (Å²) in [6, 6.07) is 9.75. The second-order valence-electron chi connectivity index (χ2n) is 5.41. The number of aromatic nitrogens is 2. The number of hydrogen-bond donors (Lipinski definition) is 3. The number of aliphatic hydroxyl groups excluding tert-OH is 1. The molecule has 0 unspecified atom stereocenters. The predicted molar refractivity (Wildman–Crippen MR) is 88.4 cm³/mol. The number of halogens is 1. The number of aliphatic hydroxyl groups is 1. The van der Waals surface area contributed by atoms with Crippen molar-refractivity contribution in [2.45, 2.75) is 25.3 Å². The van der Waals surface area contributed by atoms with Crippen LogP contribution in [0.15, 0.2) is 30.3 Å². The molecule has 0 atom stereocenters. The lowest BCUT2D eigenvalue weighted by molar-refractivity contribution is 0.311. The first-order valence-corrected chi connectivity index (χ1v) is 7.84. The quantitative estimate of drug-likeness (QED) is 0.732. The fraction of sp³-hybridized carbons (Fsp3) is 0.375. The van der Waals surface area contributed by atoms with Gasteiger partial charge in [-0.05, 0) is 30.5 Å². The predicted octanol–water partition coefficient (Wildman–Crippen LogP) is 3.02. The van der Waals surface area contributed by atoms with Gasteiger partial charge in [-0.1, -0.05) is 23.7 Å². The summed E-state index contributed by atoms with van der Waals surface area (Å²) in [6.07, 6.45) is 2.38. The van der Waals surface area contributed by atoms with Gasteiger partial charge in [0.1, 0.15) is 5.82 Å². The lowest BCUT2D eigenvalue weighted by Gasteiger charge is -2.10. The Balaban J connectivity index is 1.70. The molecule has 6 heteroatoms. The summed E-state index contributed by atoms with van der Waals surface area (Å²) in [5.74, 6) is 1.91. The first-order chi connectivity index (χ1) is 10.7. The van der Waals surface area contributed by atoms with Gasteiger partial charge in [-0.2, -0.15) is 4.98 Å². The van der Waals surface area contributed by atoms with Crippen LogP contribution >= 0.6 is 11.6 Å². The van der Waals surface area contributed by atoms with E-state index in [1.807, 2.05) is 30.3 Å². The zero-order valence-corrected chi connectivity index (χ0v) is 13.0. The molecule has 3 rings (SSSR count). The van der Waals surface area contributed by atoms with E-state index < -0.39 is 0 Å². The average molecular weight is 319 g/mol. The maximum atomic E-state index is 8.92. The van der Waals surface area contributed by atoms with E-state index in [0.717, 1.165) is 22.1 Å². The van der Waals surface area contributed by atoms with Crippen LogP contribution in [-0.2, 0) is 6.54 Å². The Morgan fingerprint density at radius 2 is 1.91 bits per heavy atom. The van der Waals surface area contributed by atoms with Gasteiger partial charge in [0.15, 0.2) is 0 Å². The summed E-state index contributed by atoms with van der Waals surface area (Å²) in [6.45, 7) is 1.19. The maximum Gasteiger partial charge on any atom is 0.224 e. The monoisotopic (exact) mass is 318 g/mol. The standard InChI is InChI=1S/C16H19ClN4O/c17-13-5-1-11(2-6-13)10-19-15-9-14(12-3-4-12)20-16(21-15)18-7-8-22/h1-2,5-6,9,12,22H,3-4,7-8,10H2,(H2,18,19,20,21). The number of benzene rings is 1. The fourth-order valence-electron chi connectivity index (χ4n) is 2.19. The molecule has 0 saturated heterocycles. The molecular weight excluding hydrogens is 300 g/mol. The molecule has 1 fully saturated rings. The molecule has 116 valence electrons.